The van der Waals surface area contributed by atoms with Crippen LogP contribution in [0.15, 0.2) is 28.9 Å². The van der Waals surface area contributed by atoms with Crippen LogP contribution < -0.4 is 5.73 Å². The number of hydrogen-bond acceptors (Lipinski definition) is 4. The van der Waals surface area contributed by atoms with E-state index in [1.54, 1.807) is 0 Å². The summed E-state index contributed by atoms with van der Waals surface area (Å²) >= 11 is 4.84. The number of thiazole rings is 1. The molecular weight excluding hydrogens is 286 g/mol. The summed E-state index contributed by atoms with van der Waals surface area (Å²) < 4.78 is 0.805. The highest BCUT2D eigenvalue weighted by Gasteiger charge is 2.07. The van der Waals surface area contributed by atoms with Gasteiger partial charge in [0.1, 0.15) is 4.60 Å². The van der Waals surface area contributed by atoms with E-state index in [0.29, 0.717) is 10.7 Å². The fourth-order valence-electron chi connectivity index (χ4n) is 1.34. The van der Waals surface area contributed by atoms with Gasteiger partial charge in [0.05, 0.1) is 11.6 Å². The van der Waals surface area contributed by atoms with E-state index in [4.69, 9.17) is 11.0 Å². The van der Waals surface area contributed by atoms with Crippen molar-refractivity contribution in [2.75, 3.05) is 5.73 Å². The van der Waals surface area contributed by atoms with E-state index in [1.165, 1.54) is 11.3 Å². The summed E-state index contributed by atoms with van der Waals surface area (Å²) in [5.41, 5.74) is 7.43. The van der Waals surface area contributed by atoms with Crippen LogP contribution in [0.1, 0.15) is 16.0 Å². The first kappa shape index (κ1) is 11.1. The van der Waals surface area contributed by atoms with Crippen LogP contribution in [0.3, 0.4) is 0 Å². The summed E-state index contributed by atoms with van der Waals surface area (Å²) in [6.45, 7) is 0. The van der Waals surface area contributed by atoms with Crippen molar-refractivity contribution in [3.05, 3.63) is 44.9 Å². The van der Waals surface area contributed by atoms with Gasteiger partial charge in [-0.25, -0.2) is 4.98 Å². The van der Waals surface area contributed by atoms with E-state index in [-0.39, 0.29) is 0 Å². The number of benzene rings is 1. The molecule has 0 aliphatic heterocycles. The maximum Gasteiger partial charge on any atom is 0.181 e. The second kappa shape index (κ2) is 4.64. The average molecular weight is 294 g/mol. The van der Waals surface area contributed by atoms with E-state index in [1.807, 2.05) is 24.3 Å². The molecule has 0 saturated carbocycles. The zero-order valence-corrected chi connectivity index (χ0v) is 10.7. The largest absolute Gasteiger partial charge is 0.375 e. The zero-order chi connectivity index (χ0) is 11.5. The first-order chi connectivity index (χ1) is 7.69. The molecular formula is C11H8BrN3S. The van der Waals surface area contributed by atoms with Gasteiger partial charge in [0.25, 0.3) is 0 Å². The van der Waals surface area contributed by atoms with E-state index in [2.05, 4.69) is 27.0 Å². The molecule has 3 nitrogen and oxygen atoms in total. The highest BCUT2D eigenvalue weighted by molar-refractivity contribution is 9.10. The van der Waals surface area contributed by atoms with Crippen molar-refractivity contribution in [3.8, 4) is 6.07 Å². The van der Waals surface area contributed by atoms with Gasteiger partial charge in [0.15, 0.2) is 5.13 Å². The maximum atomic E-state index is 8.68. The number of nitriles is 1. The second-order valence-corrected chi connectivity index (χ2v) is 5.12. The Labute approximate surface area is 106 Å². The molecule has 2 aromatic rings. The number of nitrogen functional groups attached to an aromatic ring is 1. The van der Waals surface area contributed by atoms with Crippen molar-refractivity contribution in [1.82, 2.24) is 4.98 Å². The third-order valence-electron chi connectivity index (χ3n) is 2.11. The van der Waals surface area contributed by atoms with Gasteiger partial charge in [-0.3, -0.25) is 0 Å². The van der Waals surface area contributed by atoms with Gasteiger partial charge in [-0.05, 0) is 33.6 Å². The Kier molecular flexibility index (Phi) is 3.22. The second-order valence-electron chi connectivity index (χ2n) is 3.25. The average Bonchev–Trinajstić information content (AvgIpc) is 2.59. The van der Waals surface area contributed by atoms with Crippen LogP contribution in [0.5, 0.6) is 0 Å². The number of anilines is 1. The molecule has 0 amide bonds. The number of halogens is 1. The molecule has 0 aliphatic rings. The Bertz CT molecular complexity index is 539. The number of nitrogens with two attached hydrogens (primary N) is 1. The lowest BCUT2D eigenvalue weighted by atomic mass is 10.1. The van der Waals surface area contributed by atoms with E-state index < -0.39 is 0 Å². The molecule has 80 valence electrons. The number of aromatic nitrogens is 1. The van der Waals surface area contributed by atoms with Crippen LogP contribution in [0, 0.1) is 11.3 Å². The van der Waals surface area contributed by atoms with Crippen molar-refractivity contribution in [2.45, 2.75) is 6.42 Å². The van der Waals surface area contributed by atoms with Gasteiger partial charge < -0.3 is 5.73 Å². The molecule has 0 saturated heterocycles. The topological polar surface area (TPSA) is 62.7 Å². The minimum atomic E-state index is 0.565. The molecule has 0 radical (unpaired) electrons. The quantitative estimate of drug-likeness (QED) is 0.926. The predicted octanol–water partition coefficient (Wildman–Crippen LogP) is 2.95. The molecule has 2 N–H and O–H groups in total. The Morgan fingerprint density at radius 3 is 2.56 bits per heavy atom. The van der Waals surface area contributed by atoms with Crippen LogP contribution in [-0.2, 0) is 6.42 Å². The maximum absolute atomic E-state index is 8.68. The molecule has 0 aliphatic carbocycles. The Morgan fingerprint density at radius 2 is 2.06 bits per heavy atom. The lowest BCUT2D eigenvalue weighted by Gasteiger charge is -1.98. The smallest absolute Gasteiger partial charge is 0.181 e. The summed E-state index contributed by atoms with van der Waals surface area (Å²) in [5.74, 6) is 0. The van der Waals surface area contributed by atoms with Crippen LogP contribution in [0.2, 0.25) is 0 Å². The van der Waals surface area contributed by atoms with Gasteiger partial charge in [-0.2, -0.15) is 5.26 Å². The Morgan fingerprint density at radius 1 is 1.38 bits per heavy atom. The molecule has 0 fully saturated rings. The van der Waals surface area contributed by atoms with E-state index in [9.17, 15) is 0 Å². The number of nitrogens with zero attached hydrogens (tertiary/aromatic N) is 2. The molecule has 1 aromatic heterocycles. The number of hydrogen-bond donors (Lipinski definition) is 1. The lowest BCUT2D eigenvalue weighted by molar-refractivity contribution is 1.19. The van der Waals surface area contributed by atoms with Crippen LogP contribution in [0.25, 0.3) is 0 Å². The molecule has 2 rings (SSSR count). The molecule has 0 unspecified atom stereocenters. The third-order valence-corrected chi connectivity index (χ3v) is 3.92. The third kappa shape index (κ3) is 2.40. The minimum absolute atomic E-state index is 0.565. The first-order valence-corrected chi connectivity index (χ1v) is 6.19. The highest BCUT2D eigenvalue weighted by atomic mass is 79.9. The van der Waals surface area contributed by atoms with Crippen molar-refractivity contribution < 1.29 is 0 Å². The van der Waals surface area contributed by atoms with Crippen molar-refractivity contribution in [3.63, 3.8) is 0 Å². The summed E-state index contributed by atoms with van der Waals surface area (Å²) in [7, 11) is 0. The fourth-order valence-corrected chi connectivity index (χ4v) is 2.79. The molecule has 0 spiro atoms. The first-order valence-electron chi connectivity index (χ1n) is 4.59. The Balaban J connectivity index is 2.21. The fraction of sp³-hybridized carbons (Fsp3) is 0.0909. The summed E-state index contributed by atoms with van der Waals surface area (Å²) in [5, 5.41) is 9.25. The van der Waals surface area contributed by atoms with Crippen LogP contribution >= 0.6 is 27.3 Å². The molecule has 1 aromatic carbocycles. The monoisotopic (exact) mass is 293 g/mol. The summed E-state index contributed by atoms with van der Waals surface area (Å²) in [4.78, 5) is 5.20. The molecule has 1 heterocycles. The van der Waals surface area contributed by atoms with Crippen molar-refractivity contribution in [2.24, 2.45) is 0 Å². The minimum Gasteiger partial charge on any atom is -0.375 e. The normalized spacial score (nSPS) is 10.0. The van der Waals surface area contributed by atoms with E-state index >= 15 is 0 Å². The van der Waals surface area contributed by atoms with Gasteiger partial charge >= 0.3 is 0 Å². The zero-order valence-electron chi connectivity index (χ0n) is 8.27. The Hall–Kier alpha value is -1.38. The summed E-state index contributed by atoms with van der Waals surface area (Å²) in [6, 6.07) is 9.61. The van der Waals surface area contributed by atoms with Gasteiger partial charge in [0.2, 0.25) is 0 Å². The van der Waals surface area contributed by atoms with E-state index in [0.717, 1.165) is 21.5 Å². The summed E-state index contributed by atoms with van der Waals surface area (Å²) in [6.07, 6.45) is 0.779. The van der Waals surface area contributed by atoms with Gasteiger partial charge in [-0.1, -0.05) is 12.1 Å². The molecule has 0 bridgehead atoms. The van der Waals surface area contributed by atoms with Crippen molar-refractivity contribution in [1.29, 1.82) is 5.26 Å². The SMILES string of the molecule is N#Cc1ccc(Cc2sc(N)nc2Br)cc1. The highest BCUT2D eigenvalue weighted by Crippen LogP contribution is 2.27. The molecule has 5 heteroatoms. The predicted molar refractivity (Wildman–Crippen MR) is 68.2 cm³/mol. The lowest BCUT2D eigenvalue weighted by Crippen LogP contribution is -1.86. The van der Waals surface area contributed by atoms with Crippen molar-refractivity contribution >= 4 is 32.4 Å². The number of rotatable bonds is 2. The van der Waals surface area contributed by atoms with Crippen LogP contribution in [0.4, 0.5) is 5.13 Å². The standard InChI is InChI=1S/C11H8BrN3S/c12-10-9(16-11(14)15-10)5-7-1-3-8(6-13)4-2-7/h1-4H,5H2,(H2,14,15). The van der Waals surface area contributed by atoms with Crippen LogP contribution in [-0.4, -0.2) is 4.98 Å². The van der Waals surface area contributed by atoms with Gasteiger partial charge in [-0.15, -0.1) is 11.3 Å². The molecule has 0 atom stereocenters. The van der Waals surface area contributed by atoms with Gasteiger partial charge in [0, 0.05) is 11.3 Å². The molecule has 16 heavy (non-hydrogen) atoms.